The Kier molecular flexibility index (Phi) is 5.83. The SMILES string of the molecule is O=C(NCC(=O)N1CCN(c2ccccc2F)CC1)c1cccc([N+](=O)[O-])c1. The Morgan fingerprint density at radius 1 is 1.07 bits per heavy atom. The molecule has 1 aliphatic heterocycles. The molecule has 0 aromatic heterocycles. The Labute approximate surface area is 160 Å². The van der Waals surface area contributed by atoms with E-state index in [4.69, 9.17) is 0 Å². The molecular formula is C19H19FN4O4. The van der Waals surface area contributed by atoms with Crippen LogP contribution in [0.15, 0.2) is 48.5 Å². The van der Waals surface area contributed by atoms with Crippen molar-refractivity contribution < 1.29 is 18.9 Å². The minimum Gasteiger partial charge on any atom is -0.366 e. The quantitative estimate of drug-likeness (QED) is 0.625. The molecule has 0 bridgehead atoms. The highest BCUT2D eigenvalue weighted by molar-refractivity contribution is 5.97. The van der Waals surface area contributed by atoms with Crippen molar-refractivity contribution in [3.63, 3.8) is 0 Å². The molecule has 2 amide bonds. The minimum absolute atomic E-state index is 0.117. The number of non-ortho nitro benzene ring substituents is 1. The molecule has 0 saturated carbocycles. The van der Waals surface area contributed by atoms with E-state index in [1.807, 2.05) is 4.90 Å². The first kappa shape index (κ1) is 19.3. The second-order valence-electron chi connectivity index (χ2n) is 6.31. The molecule has 3 rings (SSSR count). The summed E-state index contributed by atoms with van der Waals surface area (Å²) in [5, 5.41) is 13.3. The van der Waals surface area contributed by atoms with Gasteiger partial charge < -0.3 is 15.1 Å². The zero-order chi connectivity index (χ0) is 20.1. The molecule has 1 heterocycles. The van der Waals surface area contributed by atoms with Gasteiger partial charge in [0.15, 0.2) is 0 Å². The van der Waals surface area contributed by atoms with E-state index in [1.54, 1.807) is 23.1 Å². The van der Waals surface area contributed by atoms with Crippen LogP contribution in [0.4, 0.5) is 15.8 Å². The number of carbonyl (C=O) groups is 2. The second-order valence-corrected chi connectivity index (χ2v) is 6.31. The van der Waals surface area contributed by atoms with Gasteiger partial charge in [-0.1, -0.05) is 18.2 Å². The molecule has 1 fully saturated rings. The maximum atomic E-state index is 13.9. The van der Waals surface area contributed by atoms with Crippen LogP contribution in [0.3, 0.4) is 0 Å². The van der Waals surface area contributed by atoms with Crippen LogP contribution in [0.5, 0.6) is 0 Å². The predicted octanol–water partition coefficient (Wildman–Crippen LogP) is 1.81. The summed E-state index contributed by atoms with van der Waals surface area (Å²) < 4.78 is 13.9. The van der Waals surface area contributed by atoms with E-state index in [2.05, 4.69) is 5.32 Å². The van der Waals surface area contributed by atoms with Crippen molar-refractivity contribution in [2.24, 2.45) is 0 Å². The van der Waals surface area contributed by atoms with Crippen LogP contribution in [-0.4, -0.2) is 54.4 Å². The first-order chi connectivity index (χ1) is 13.5. The number of piperazine rings is 1. The fraction of sp³-hybridized carbons (Fsp3) is 0.263. The largest absolute Gasteiger partial charge is 0.366 e. The lowest BCUT2D eigenvalue weighted by molar-refractivity contribution is -0.384. The summed E-state index contributed by atoms with van der Waals surface area (Å²) in [6.45, 7) is 1.61. The molecule has 1 saturated heterocycles. The Balaban J connectivity index is 1.51. The number of halogens is 1. The average Bonchev–Trinajstić information content (AvgIpc) is 2.72. The Morgan fingerprint density at radius 3 is 2.46 bits per heavy atom. The number of amides is 2. The van der Waals surface area contributed by atoms with Crippen LogP contribution in [0.25, 0.3) is 0 Å². The molecule has 0 aliphatic carbocycles. The highest BCUT2D eigenvalue weighted by atomic mass is 19.1. The summed E-state index contributed by atoms with van der Waals surface area (Å²) in [4.78, 5) is 38.1. The van der Waals surface area contributed by atoms with Gasteiger partial charge in [-0.25, -0.2) is 4.39 Å². The molecule has 1 N–H and O–H groups in total. The van der Waals surface area contributed by atoms with Crippen molar-refractivity contribution >= 4 is 23.2 Å². The number of hydrogen-bond donors (Lipinski definition) is 1. The highest BCUT2D eigenvalue weighted by Crippen LogP contribution is 2.20. The van der Waals surface area contributed by atoms with Gasteiger partial charge in [0.05, 0.1) is 17.2 Å². The molecule has 28 heavy (non-hydrogen) atoms. The fourth-order valence-corrected chi connectivity index (χ4v) is 3.04. The number of anilines is 1. The first-order valence-electron chi connectivity index (χ1n) is 8.75. The van der Waals surface area contributed by atoms with Crippen LogP contribution in [0.2, 0.25) is 0 Å². The number of carbonyl (C=O) groups excluding carboxylic acids is 2. The summed E-state index contributed by atoms with van der Waals surface area (Å²) in [5.41, 5.74) is 0.434. The number of nitrogens with one attached hydrogen (secondary N) is 1. The number of benzene rings is 2. The third kappa shape index (κ3) is 4.43. The monoisotopic (exact) mass is 386 g/mol. The number of nitrogens with zero attached hydrogens (tertiary/aromatic N) is 3. The van der Waals surface area contributed by atoms with Crippen LogP contribution >= 0.6 is 0 Å². The molecule has 1 aliphatic rings. The van der Waals surface area contributed by atoms with E-state index in [1.165, 1.54) is 24.3 Å². The minimum atomic E-state index is -0.586. The van der Waals surface area contributed by atoms with Gasteiger partial charge in [-0.05, 0) is 18.2 Å². The van der Waals surface area contributed by atoms with Gasteiger partial charge in [-0.15, -0.1) is 0 Å². The van der Waals surface area contributed by atoms with Gasteiger partial charge in [-0.3, -0.25) is 19.7 Å². The molecule has 0 radical (unpaired) electrons. The van der Waals surface area contributed by atoms with Crippen molar-refractivity contribution in [1.29, 1.82) is 0 Å². The standard InChI is InChI=1S/C19H19FN4O4/c20-16-6-1-2-7-17(16)22-8-10-23(11-9-22)18(25)13-21-19(26)14-4-3-5-15(12-14)24(27)28/h1-7,12H,8-11,13H2,(H,21,26). The molecule has 9 heteroatoms. The maximum absolute atomic E-state index is 13.9. The van der Waals surface area contributed by atoms with Crippen molar-refractivity contribution in [3.8, 4) is 0 Å². The normalized spacial score (nSPS) is 13.9. The summed E-state index contributed by atoms with van der Waals surface area (Å²) >= 11 is 0. The zero-order valence-corrected chi connectivity index (χ0v) is 15.0. The number of para-hydroxylation sites is 1. The molecular weight excluding hydrogens is 367 g/mol. The molecule has 0 spiro atoms. The van der Waals surface area contributed by atoms with Crippen LogP contribution in [0.1, 0.15) is 10.4 Å². The molecule has 0 unspecified atom stereocenters. The number of hydrogen-bond acceptors (Lipinski definition) is 5. The smallest absolute Gasteiger partial charge is 0.270 e. The number of nitro groups is 1. The molecule has 0 atom stereocenters. The van der Waals surface area contributed by atoms with Gasteiger partial charge >= 0.3 is 0 Å². The molecule has 2 aromatic carbocycles. The van der Waals surface area contributed by atoms with Gasteiger partial charge in [0.2, 0.25) is 5.91 Å². The topological polar surface area (TPSA) is 95.8 Å². The van der Waals surface area contributed by atoms with E-state index in [0.29, 0.717) is 31.9 Å². The molecule has 146 valence electrons. The summed E-state index contributed by atoms with van der Waals surface area (Å²) in [5.74, 6) is -1.11. The highest BCUT2D eigenvalue weighted by Gasteiger charge is 2.23. The summed E-state index contributed by atoms with van der Waals surface area (Å²) in [6, 6.07) is 11.8. The van der Waals surface area contributed by atoms with Crippen LogP contribution in [-0.2, 0) is 4.79 Å². The second kappa shape index (κ2) is 8.47. The number of rotatable bonds is 5. The first-order valence-corrected chi connectivity index (χ1v) is 8.75. The average molecular weight is 386 g/mol. The molecule has 8 nitrogen and oxygen atoms in total. The van der Waals surface area contributed by atoms with Gasteiger partial charge in [0.1, 0.15) is 5.82 Å². The van der Waals surface area contributed by atoms with E-state index in [9.17, 15) is 24.1 Å². The van der Waals surface area contributed by atoms with Gasteiger partial charge in [0, 0.05) is 43.9 Å². The van der Waals surface area contributed by atoms with Gasteiger partial charge in [-0.2, -0.15) is 0 Å². The predicted molar refractivity (Wildman–Crippen MR) is 101 cm³/mol. The Bertz CT molecular complexity index is 897. The van der Waals surface area contributed by atoms with Crippen LogP contribution < -0.4 is 10.2 Å². The van der Waals surface area contributed by atoms with E-state index in [0.717, 1.165) is 6.07 Å². The third-order valence-electron chi connectivity index (χ3n) is 4.54. The Morgan fingerprint density at radius 2 is 1.79 bits per heavy atom. The summed E-state index contributed by atoms with van der Waals surface area (Å²) in [6.07, 6.45) is 0. The Hall–Kier alpha value is -3.49. The lowest BCUT2D eigenvalue weighted by Gasteiger charge is -2.36. The lowest BCUT2D eigenvalue weighted by Crippen LogP contribution is -2.51. The number of nitro benzene ring substituents is 1. The lowest BCUT2D eigenvalue weighted by atomic mass is 10.2. The summed E-state index contributed by atoms with van der Waals surface area (Å²) in [7, 11) is 0. The third-order valence-corrected chi connectivity index (χ3v) is 4.54. The van der Waals surface area contributed by atoms with Crippen LogP contribution in [0, 0.1) is 15.9 Å². The van der Waals surface area contributed by atoms with E-state index >= 15 is 0 Å². The van der Waals surface area contributed by atoms with E-state index < -0.39 is 10.8 Å². The molecule has 2 aromatic rings. The zero-order valence-electron chi connectivity index (χ0n) is 15.0. The van der Waals surface area contributed by atoms with E-state index in [-0.39, 0.29) is 29.5 Å². The maximum Gasteiger partial charge on any atom is 0.270 e. The van der Waals surface area contributed by atoms with Gasteiger partial charge in [0.25, 0.3) is 11.6 Å². The fourth-order valence-electron chi connectivity index (χ4n) is 3.04. The van der Waals surface area contributed by atoms with Crippen molar-refractivity contribution in [2.45, 2.75) is 0 Å². The van der Waals surface area contributed by atoms with Crippen molar-refractivity contribution in [3.05, 3.63) is 70.0 Å². The van der Waals surface area contributed by atoms with Crippen molar-refractivity contribution in [2.75, 3.05) is 37.6 Å². The van der Waals surface area contributed by atoms with Crippen molar-refractivity contribution in [1.82, 2.24) is 10.2 Å².